The van der Waals surface area contributed by atoms with Crippen molar-refractivity contribution in [3.63, 3.8) is 0 Å². The average Bonchev–Trinajstić information content (AvgIpc) is 3.21. The van der Waals surface area contributed by atoms with Crippen molar-refractivity contribution in [2.75, 3.05) is 7.05 Å². The number of nitrogens with one attached hydrogen (secondary N) is 1. The molecule has 2 aromatic heterocycles. The molecule has 0 fully saturated rings. The van der Waals surface area contributed by atoms with E-state index in [1.807, 2.05) is 19.2 Å². The minimum absolute atomic E-state index is 0. The van der Waals surface area contributed by atoms with E-state index in [2.05, 4.69) is 10.3 Å². The van der Waals surface area contributed by atoms with Gasteiger partial charge in [-0.25, -0.2) is 16.8 Å². The van der Waals surface area contributed by atoms with E-state index in [4.69, 9.17) is 0 Å². The van der Waals surface area contributed by atoms with Crippen molar-refractivity contribution in [1.29, 1.82) is 0 Å². The summed E-state index contributed by atoms with van der Waals surface area (Å²) in [5.41, 5.74) is 2.96. The minimum Gasteiger partial charge on any atom is -0.313 e. The molecule has 9 heteroatoms. The van der Waals surface area contributed by atoms with Crippen molar-refractivity contribution in [3.8, 4) is 11.3 Å². The van der Waals surface area contributed by atoms with Crippen molar-refractivity contribution in [1.82, 2.24) is 14.3 Å². The smallest absolute Gasteiger partial charge is 0.268 e. The first-order chi connectivity index (χ1) is 12.5. The van der Waals surface area contributed by atoms with Gasteiger partial charge in [0.2, 0.25) is 0 Å². The van der Waals surface area contributed by atoms with Gasteiger partial charge in [0, 0.05) is 29.7 Å². The molecule has 1 N–H and O–H groups in total. The van der Waals surface area contributed by atoms with Crippen LogP contribution in [0.4, 0.5) is 4.39 Å². The highest BCUT2D eigenvalue weighted by Crippen LogP contribution is 2.39. The molecule has 0 saturated carbocycles. The number of benzene rings is 1. The zero-order valence-corrected chi connectivity index (χ0v) is 17.5. The highest BCUT2D eigenvalue weighted by molar-refractivity contribution is 7.90. The third-order valence-electron chi connectivity index (χ3n) is 4.77. The molecular formula is C19H20Cl2FN3O2S. The van der Waals surface area contributed by atoms with Crippen molar-refractivity contribution in [2.24, 2.45) is 0 Å². The van der Waals surface area contributed by atoms with E-state index < -0.39 is 15.8 Å². The first-order valence-corrected chi connectivity index (χ1v) is 9.79. The molecule has 1 aromatic carbocycles. The van der Waals surface area contributed by atoms with E-state index in [0.29, 0.717) is 17.7 Å². The molecule has 28 heavy (non-hydrogen) atoms. The molecule has 0 radical (unpaired) electrons. The molecule has 1 aliphatic rings. The Morgan fingerprint density at radius 2 is 1.96 bits per heavy atom. The molecule has 3 aromatic rings. The van der Waals surface area contributed by atoms with Gasteiger partial charge >= 0.3 is 0 Å². The highest BCUT2D eigenvalue weighted by atomic mass is 35.5. The molecular weight excluding hydrogens is 424 g/mol. The molecule has 5 nitrogen and oxygen atoms in total. The second-order valence-electron chi connectivity index (χ2n) is 6.28. The van der Waals surface area contributed by atoms with Crippen LogP contribution in [0.2, 0.25) is 0 Å². The second kappa shape index (κ2) is 8.61. The number of fused-ring (bicyclic) bond motifs is 1. The summed E-state index contributed by atoms with van der Waals surface area (Å²) in [6.07, 6.45) is 4.74. The molecule has 0 saturated heterocycles. The van der Waals surface area contributed by atoms with Crippen LogP contribution < -0.4 is 5.32 Å². The Bertz CT molecular complexity index is 1070. The number of hydrogen-bond donors (Lipinski definition) is 1. The summed E-state index contributed by atoms with van der Waals surface area (Å²) in [7, 11) is -2.07. The van der Waals surface area contributed by atoms with E-state index in [0.717, 1.165) is 23.7 Å². The number of nitrogens with zero attached hydrogens (tertiary/aromatic N) is 2. The Balaban J connectivity index is 0.00000140. The van der Waals surface area contributed by atoms with Crippen molar-refractivity contribution in [2.45, 2.75) is 23.8 Å². The van der Waals surface area contributed by atoms with Gasteiger partial charge in [-0.15, -0.1) is 24.8 Å². The fourth-order valence-electron chi connectivity index (χ4n) is 3.56. The van der Waals surface area contributed by atoms with Crippen LogP contribution in [0.25, 0.3) is 11.3 Å². The van der Waals surface area contributed by atoms with Gasteiger partial charge in [0.25, 0.3) is 10.0 Å². The van der Waals surface area contributed by atoms with Gasteiger partial charge in [-0.05, 0) is 61.9 Å². The standard InChI is InChI=1S/C19H18FN3O2S.2ClH/c1-21-17-7-8-18-16(17)11-19(13-4-3-9-22-12-13)23(18)26(24,25)15-6-2-5-14(20)10-15;;/h2-6,9-12,17,21H,7-8H2,1H3;2*1H. The Labute approximate surface area is 175 Å². The van der Waals surface area contributed by atoms with Gasteiger partial charge in [-0.1, -0.05) is 6.07 Å². The van der Waals surface area contributed by atoms with Crippen LogP contribution in [0.3, 0.4) is 0 Å². The number of rotatable bonds is 4. The van der Waals surface area contributed by atoms with Gasteiger partial charge in [0.15, 0.2) is 0 Å². The third kappa shape index (κ3) is 3.67. The van der Waals surface area contributed by atoms with Crippen molar-refractivity contribution < 1.29 is 12.8 Å². The Morgan fingerprint density at radius 3 is 2.61 bits per heavy atom. The molecule has 2 heterocycles. The number of aromatic nitrogens is 2. The topological polar surface area (TPSA) is 64.0 Å². The summed E-state index contributed by atoms with van der Waals surface area (Å²) in [6, 6.07) is 10.7. The van der Waals surface area contributed by atoms with E-state index in [1.165, 1.54) is 22.2 Å². The molecule has 0 bridgehead atoms. The molecule has 1 unspecified atom stereocenters. The predicted molar refractivity (Wildman–Crippen MR) is 111 cm³/mol. The SMILES string of the molecule is CNC1CCc2c1cc(-c1cccnc1)n2S(=O)(=O)c1cccc(F)c1.Cl.Cl. The summed E-state index contributed by atoms with van der Waals surface area (Å²) in [5, 5.41) is 3.23. The van der Waals surface area contributed by atoms with Crippen molar-refractivity contribution >= 4 is 34.8 Å². The van der Waals surface area contributed by atoms with Crippen LogP contribution in [0, 0.1) is 5.82 Å². The maximum Gasteiger partial charge on any atom is 0.268 e. The quantitative estimate of drug-likeness (QED) is 0.662. The monoisotopic (exact) mass is 443 g/mol. The Kier molecular flexibility index (Phi) is 6.88. The van der Waals surface area contributed by atoms with Gasteiger partial charge in [-0.2, -0.15) is 0 Å². The first-order valence-electron chi connectivity index (χ1n) is 8.35. The van der Waals surface area contributed by atoms with Crippen molar-refractivity contribution in [3.05, 3.63) is 71.9 Å². The van der Waals surface area contributed by atoms with Crippen LogP contribution in [0.15, 0.2) is 59.8 Å². The lowest BCUT2D eigenvalue weighted by molar-refractivity contribution is 0.579. The third-order valence-corrected chi connectivity index (χ3v) is 6.52. The molecule has 0 spiro atoms. The second-order valence-corrected chi connectivity index (χ2v) is 8.07. The van der Waals surface area contributed by atoms with Crippen LogP contribution in [0.5, 0.6) is 0 Å². The predicted octanol–water partition coefficient (Wildman–Crippen LogP) is 3.98. The lowest BCUT2D eigenvalue weighted by atomic mass is 10.1. The lowest BCUT2D eigenvalue weighted by Gasteiger charge is -2.13. The normalized spacial score (nSPS) is 15.4. The highest BCUT2D eigenvalue weighted by Gasteiger charge is 2.33. The van der Waals surface area contributed by atoms with Crippen LogP contribution in [-0.2, 0) is 16.4 Å². The van der Waals surface area contributed by atoms with Gasteiger partial charge in [0.1, 0.15) is 5.82 Å². The summed E-state index contributed by atoms with van der Waals surface area (Å²) >= 11 is 0. The fraction of sp³-hybridized carbons (Fsp3) is 0.211. The molecule has 1 aliphatic carbocycles. The van der Waals surface area contributed by atoms with Crippen LogP contribution in [0.1, 0.15) is 23.7 Å². The molecule has 150 valence electrons. The molecule has 1 atom stereocenters. The lowest BCUT2D eigenvalue weighted by Crippen LogP contribution is -2.17. The summed E-state index contributed by atoms with van der Waals surface area (Å²) in [6.45, 7) is 0. The van der Waals surface area contributed by atoms with Gasteiger partial charge in [0.05, 0.1) is 10.6 Å². The zero-order chi connectivity index (χ0) is 18.3. The molecule has 4 rings (SSSR count). The summed E-state index contributed by atoms with van der Waals surface area (Å²) < 4.78 is 41.7. The van der Waals surface area contributed by atoms with E-state index in [1.54, 1.807) is 18.5 Å². The zero-order valence-electron chi connectivity index (χ0n) is 15.0. The summed E-state index contributed by atoms with van der Waals surface area (Å²) in [5.74, 6) is -0.578. The number of halogens is 3. The molecule has 0 amide bonds. The first kappa shape index (κ1) is 22.4. The van der Waals surface area contributed by atoms with Crippen LogP contribution >= 0.6 is 24.8 Å². The van der Waals surface area contributed by atoms with Crippen LogP contribution in [-0.4, -0.2) is 24.4 Å². The summed E-state index contributed by atoms with van der Waals surface area (Å²) in [4.78, 5) is 4.05. The Hall–Kier alpha value is -1.93. The largest absolute Gasteiger partial charge is 0.313 e. The minimum atomic E-state index is -3.93. The van der Waals surface area contributed by atoms with E-state index in [9.17, 15) is 12.8 Å². The maximum atomic E-state index is 13.7. The number of hydrogen-bond acceptors (Lipinski definition) is 4. The van der Waals surface area contributed by atoms with Gasteiger partial charge < -0.3 is 5.32 Å². The Morgan fingerprint density at radius 1 is 1.18 bits per heavy atom. The van der Waals surface area contributed by atoms with E-state index >= 15 is 0 Å². The molecule has 0 aliphatic heterocycles. The fourth-order valence-corrected chi connectivity index (χ4v) is 5.18. The maximum absolute atomic E-state index is 13.7. The number of pyridine rings is 1. The van der Waals surface area contributed by atoms with Gasteiger partial charge in [-0.3, -0.25) is 4.98 Å². The van der Waals surface area contributed by atoms with E-state index in [-0.39, 0.29) is 35.8 Å². The average molecular weight is 444 g/mol.